The van der Waals surface area contributed by atoms with Crippen LogP contribution < -0.4 is 0 Å². The summed E-state index contributed by atoms with van der Waals surface area (Å²) in [5.41, 5.74) is 4.85. The van der Waals surface area contributed by atoms with E-state index in [0.717, 1.165) is 65.4 Å². The zero-order valence-electron chi connectivity index (χ0n) is 34.1. The minimum Gasteiger partial charge on any atom is -0.456 e. The number of furan rings is 1. The van der Waals surface area contributed by atoms with Crippen molar-refractivity contribution in [3.63, 3.8) is 0 Å². The van der Waals surface area contributed by atoms with E-state index in [1.54, 1.807) is 24.3 Å². The Hall–Kier alpha value is -6.44. The topological polar surface area (TPSA) is 13.1 Å². The molecule has 228 valence electrons. The van der Waals surface area contributed by atoms with E-state index >= 15 is 0 Å². The van der Waals surface area contributed by atoms with Crippen LogP contribution in [-0.4, -0.2) is 0 Å². The van der Waals surface area contributed by atoms with E-state index in [0.29, 0.717) is 11.1 Å². The lowest BCUT2D eigenvalue weighted by Crippen LogP contribution is -1.92. The third-order valence-corrected chi connectivity index (χ3v) is 9.43. The van der Waals surface area contributed by atoms with Gasteiger partial charge in [-0.05, 0) is 107 Å². The molecule has 0 aliphatic carbocycles. The Balaban J connectivity index is 1.30. The first-order chi connectivity index (χ1) is 27.6. The molecule has 0 N–H and O–H groups in total. The van der Waals surface area contributed by atoms with Crippen molar-refractivity contribution in [2.75, 3.05) is 0 Å². The Morgan fingerprint density at radius 3 is 1.65 bits per heavy atom. The SMILES string of the molecule is [2H]c1c([2H])c([2H])c(-c2c([2H])c([2H])c(-c3c4ccccc4c(-c4ccc5oc6cc7ccccc7cc6c5c4)c4ccccc34)c([2H])c2-c2ccccc2)c([2H])c1[2H]. The van der Waals surface area contributed by atoms with Crippen LogP contribution >= 0.6 is 0 Å². The second-order valence-electron chi connectivity index (χ2n) is 12.2. The Kier molecular flexibility index (Phi) is 4.69. The molecule has 0 fully saturated rings. The maximum atomic E-state index is 9.95. The van der Waals surface area contributed by atoms with Crippen molar-refractivity contribution >= 4 is 54.3 Å². The molecule has 0 unspecified atom stereocenters. The Labute approximate surface area is 295 Å². The molecule has 0 atom stereocenters. The summed E-state index contributed by atoms with van der Waals surface area (Å²) in [5.74, 6) is 0. The number of benzene rings is 9. The van der Waals surface area contributed by atoms with E-state index in [1.165, 1.54) is 0 Å². The van der Waals surface area contributed by atoms with E-state index in [9.17, 15) is 4.11 Å². The van der Waals surface area contributed by atoms with Gasteiger partial charge in [0.25, 0.3) is 0 Å². The van der Waals surface area contributed by atoms with Gasteiger partial charge >= 0.3 is 0 Å². The molecule has 0 radical (unpaired) electrons. The van der Waals surface area contributed by atoms with Gasteiger partial charge in [-0.3, -0.25) is 0 Å². The second kappa shape index (κ2) is 11.1. The summed E-state index contributed by atoms with van der Waals surface area (Å²) in [6, 6.07) is 40.2. The number of hydrogen-bond donors (Lipinski definition) is 0. The van der Waals surface area contributed by atoms with Gasteiger partial charge in [0.2, 0.25) is 0 Å². The van der Waals surface area contributed by atoms with Gasteiger partial charge in [0.15, 0.2) is 0 Å². The van der Waals surface area contributed by atoms with Crippen LogP contribution in [0.5, 0.6) is 0 Å². The molecule has 0 saturated heterocycles. The lowest BCUT2D eigenvalue weighted by Gasteiger charge is -2.19. The smallest absolute Gasteiger partial charge is 0.136 e. The third-order valence-electron chi connectivity index (χ3n) is 9.43. The second-order valence-corrected chi connectivity index (χ2v) is 12.2. The first kappa shape index (κ1) is 20.7. The van der Waals surface area contributed by atoms with Gasteiger partial charge in [-0.1, -0.05) is 151 Å². The number of rotatable bonds is 4. The highest BCUT2D eigenvalue weighted by molar-refractivity contribution is 6.22. The fourth-order valence-electron chi connectivity index (χ4n) is 7.24. The van der Waals surface area contributed by atoms with Crippen molar-refractivity contribution in [1.29, 1.82) is 0 Å². The van der Waals surface area contributed by atoms with Gasteiger partial charge in [-0.2, -0.15) is 0 Å². The van der Waals surface area contributed by atoms with Crippen LogP contribution in [0.1, 0.15) is 11.0 Å². The minimum atomic E-state index is -0.554. The molecule has 1 heteroatoms. The lowest BCUT2D eigenvalue weighted by atomic mass is 9.84. The Bertz CT molecular complexity index is 3250. The number of hydrogen-bond acceptors (Lipinski definition) is 1. The predicted molar refractivity (Wildman–Crippen MR) is 208 cm³/mol. The Morgan fingerprint density at radius 1 is 0.367 bits per heavy atom. The molecular formula is C48H30O. The third kappa shape index (κ3) is 4.47. The van der Waals surface area contributed by atoms with Gasteiger partial charge in [0, 0.05) is 10.8 Å². The summed E-state index contributed by atoms with van der Waals surface area (Å²) in [4.78, 5) is 0. The largest absolute Gasteiger partial charge is 0.456 e. The molecule has 0 amide bonds. The number of fused-ring (bicyclic) bond motifs is 6. The highest BCUT2D eigenvalue weighted by Gasteiger charge is 2.19. The molecule has 0 saturated carbocycles. The highest BCUT2D eigenvalue weighted by Crippen LogP contribution is 2.46. The van der Waals surface area contributed by atoms with Crippen LogP contribution in [0.4, 0.5) is 0 Å². The maximum absolute atomic E-state index is 9.95. The van der Waals surface area contributed by atoms with Crippen LogP contribution in [0, 0.1) is 0 Å². The molecule has 49 heavy (non-hydrogen) atoms. The monoisotopic (exact) mass is 630 g/mol. The summed E-state index contributed by atoms with van der Waals surface area (Å²) < 4.78 is 78.2. The molecule has 0 spiro atoms. The fraction of sp³-hybridized carbons (Fsp3) is 0. The normalized spacial score (nSPS) is 14.0. The molecular weight excluding hydrogens is 593 g/mol. The molecule has 1 nitrogen and oxygen atoms in total. The van der Waals surface area contributed by atoms with Crippen molar-refractivity contribution < 1.29 is 15.4 Å². The van der Waals surface area contributed by atoms with E-state index in [-0.39, 0.29) is 40.4 Å². The van der Waals surface area contributed by atoms with E-state index < -0.39 is 30.2 Å². The fourth-order valence-corrected chi connectivity index (χ4v) is 7.24. The van der Waals surface area contributed by atoms with E-state index in [1.807, 2.05) is 72.8 Å². The maximum Gasteiger partial charge on any atom is 0.136 e. The summed E-state index contributed by atoms with van der Waals surface area (Å²) >= 11 is 0. The molecule has 0 bridgehead atoms. The summed E-state index contributed by atoms with van der Waals surface area (Å²) in [7, 11) is 0. The first-order valence-corrected chi connectivity index (χ1v) is 16.2. The van der Waals surface area contributed by atoms with Crippen LogP contribution in [0.3, 0.4) is 0 Å². The lowest BCUT2D eigenvalue weighted by molar-refractivity contribution is 0.669. The highest BCUT2D eigenvalue weighted by atomic mass is 16.3. The first-order valence-electron chi connectivity index (χ1n) is 20.2. The zero-order valence-corrected chi connectivity index (χ0v) is 26.1. The summed E-state index contributed by atoms with van der Waals surface area (Å²) in [6.07, 6.45) is 0. The molecule has 0 aliphatic rings. The Morgan fingerprint density at radius 2 is 0.959 bits per heavy atom. The van der Waals surface area contributed by atoms with Gasteiger partial charge < -0.3 is 4.42 Å². The standard InChI is InChI=1S/C48H30O/c1-3-13-31(14-4-1)37-25-23-35(28-42(37)32-15-5-2-6-16-32)47-38-19-9-11-21-40(38)48(41-22-12-10-20-39(41)47)36-24-26-45-43(29-36)44-27-33-17-7-8-18-34(33)30-46(44)49-45/h1-30H/i1D,3D,4D,13D,14D,23D,25D,28D. The quantitative estimate of drug-likeness (QED) is 0.176. The van der Waals surface area contributed by atoms with Gasteiger partial charge in [0.1, 0.15) is 11.2 Å². The minimum absolute atomic E-state index is 0.0457. The molecule has 10 aromatic rings. The van der Waals surface area contributed by atoms with Crippen LogP contribution in [0.25, 0.3) is 98.8 Å². The van der Waals surface area contributed by atoms with Crippen LogP contribution in [-0.2, 0) is 0 Å². The van der Waals surface area contributed by atoms with Gasteiger partial charge in [0.05, 0.1) is 11.0 Å². The molecule has 1 aromatic heterocycles. The van der Waals surface area contributed by atoms with E-state index in [4.69, 9.17) is 11.3 Å². The summed E-state index contributed by atoms with van der Waals surface area (Å²) in [5, 5.41) is 7.58. The average molecular weight is 631 g/mol. The molecule has 9 aromatic carbocycles. The van der Waals surface area contributed by atoms with E-state index in [2.05, 4.69) is 36.4 Å². The van der Waals surface area contributed by atoms with Crippen molar-refractivity contribution in [2.45, 2.75) is 0 Å². The van der Waals surface area contributed by atoms with Gasteiger partial charge in [-0.15, -0.1) is 0 Å². The molecule has 0 aliphatic heterocycles. The average Bonchev–Trinajstić information content (AvgIpc) is 3.59. The van der Waals surface area contributed by atoms with Crippen LogP contribution in [0.15, 0.2) is 186 Å². The van der Waals surface area contributed by atoms with Gasteiger partial charge in [-0.25, -0.2) is 0 Å². The van der Waals surface area contributed by atoms with Crippen molar-refractivity contribution in [3.8, 4) is 44.5 Å². The predicted octanol–water partition coefficient (Wildman–Crippen LogP) is 13.7. The van der Waals surface area contributed by atoms with Crippen molar-refractivity contribution in [3.05, 3.63) is 182 Å². The summed E-state index contributed by atoms with van der Waals surface area (Å²) in [6.45, 7) is 0. The molecule has 10 rings (SSSR count). The van der Waals surface area contributed by atoms with Crippen molar-refractivity contribution in [1.82, 2.24) is 0 Å². The van der Waals surface area contributed by atoms with Crippen LogP contribution in [0.2, 0.25) is 0 Å². The van der Waals surface area contributed by atoms with Crippen molar-refractivity contribution in [2.24, 2.45) is 0 Å². The molecule has 1 heterocycles. The zero-order chi connectivity index (χ0) is 39.3.